The average Bonchev–Trinajstić information content (AvgIpc) is 2.91. The van der Waals surface area contributed by atoms with Crippen molar-refractivity contribution in [2.45, 2.75) is 29.9 Å². The standard InChI is InChI=1S/C11H20B2N2O12P2/c1-23-7-6(26-29(21,22)24-2)8(11(12,13)27-28(18,19)20)25-9(7)15-4-3-5(16)14-10(15)17/h3-4,6-9H,12-13H2,1-2H3,(H,21,22)(H,14,16,17)(H2,18,19,20). The Kier molecular flexibility index (Phi) is 7.18. The molecule has 0 radical (unpaired) electrons. The van der Waals surface area contributed by atoms with Crippen LogP contribution in [0, 0.1) is 0 Å². The molecule has 0 amide bonds. The Hall–Kier alpha value is -1.05. The van der Waals surface area contributed by atoms with Crippen molar-refractivity contribution in [3.8, 4) is 0 Å². The number of hydrogen-bond donors (Lipinski definition) is 4. The van der Waals surface area contributed by atoms with E-state index in [-0.39, 0.29) is 0 Å². The molecule has 0 aliphatic carbocycles. The summed E-state index contributed by atoms with van der Waals surface area (Å²) >= 11 is 0. The molecular formula is C11H20B2N2O12P2. The number of aromatic amines is 1. The number of aromatic nitrogens is 2. The largest absolute Gasteiger partial charge is 0.472 e. The molecule has 4 N–H and O–H groups in total. The van der Waals surface area contributed by atoms with Gasteiger partial charge in [0, 0.05) is 31.9 Å². The first kappa shape index (κ1) is 24.2. The molecule has 0 bridgehead atoms. The highest BCUT2D eigenvalue weighted by Gasteiger charge is 2.56. The van der Waals surface area contributed by atoms with Gasteiger partial charge in [-0.15, -0.1) is 0 Å². The first-order valence-electron chi connectivity index (χ1n) is 8.04. The zero-order valence-corrected chi connectivity index (χ0v) is 17.6. The highest BCUT2D eigenvalue weighted by Crippen LogP contribution is 2.51. The van der Waals surface area contributed by atoms with Gasteiger partial charge in [0.25, 0.3) is 5.56 Å². The van der Waals surface area contributed by atoms with Crippen molar-refractivity contribution in [1.29, 1.82) is 0 Å². The van der Waals surface area contributed by atoms with Crippen LogP contribution in [0.2, 0.25) is 0 Å². The van der Waals surface area contributed by atoms with Crippen molar-refractivity contribution in [2.75, 3.05) is 14.2 Å². The molecule has 14 nitrogen and oxygen atoms in total. The van der Waals surface area contributed by atoms with Crippen molar-refractivity contribution < 1.29 is 46.9 Å². The molecule has 0 aromatic carbocycles. The molecule has 2 heterocycles. The Bertz CT molecular complexity index is 944. The molecule has 0 spiro atoms. The molecule has 162 valence electrons. The Balaban J connectivity index is 2.54. The van der Waals surface area contributed by atoms with Crippen molar-refractivity contribution >= 4 is 31.3 Å². The molecular weight excluding hydrogens is 436 g/mol. The molecule has 1 saturated heterocycles. The summed E-state index contributed by atoms with van der Waals surface area (Å²) in [6.07, 6.45) is -4.33. The monoisotopic (exact) mass is 456 g/mol. The Labute approximate surface area is 165 Å². The number of H-pyrrole nitrogens is 1. The number of nitrogens with one attached hydrogen (secondary N) is 1. The highest BCUT2D eigenvalue weighted by atomic mass is 31.2. The van der Waals surface area contributed by atoms with E-state index in [1.54, 1.807) is 0 Å². The van der Waals surface area contributed by atoms with Crippen LogP contribution in [0.1, 0.15) is 6.23 Å². The number of methoxy groups -OCH3 is 1. The van der Waals surface area contributed by atoms with Gasteiger partial charge in [-0.1, -0.05) is 0 Å². The minimum Gasteiger partial charge on any atom is -0.374 e. The van der Waals surface area contributed by atoms with Crippen LogP contribution >= 0.6 is 15.6 Å². The average molecular weight is 456 g/mol. The zero-order chi connectivity index (χ0) is 22.2. The Morgan fingerprint density at radius 1 is 1.21 bits per heavy atom. The molecule has 1 aromatic rings. The minimum atomic E-state index is -5.02. The van der Waals surface area contributed by atoms with Crippen molar-refractivity contribution in [1.82, 2.24) is 9.55 Å². The zero-order valence-electron chi connectivity index (χ0n) is 15.8. The van der Waals surface area contributed by atoms with Gasteiger partial charge in [-0.2, -0.15) is 0 Å². The summed E-state index contributed by atoms with van der Waals surface area (Å²) in [6.45, 7) is 0. The molecule has 1 aliphatic heterocycles. The number of rotatable bonds is 8. The molecule has 1 aromatic heterocycles. The summed E-state index contributed by atoms with van der Waals surface area (Å²) in [7, 11) is -5.05. The van der Waals surface area contributed by atoms with Gasteiger partial charge in [-0.05, 0) is 0 Å². The lowest BCUT2D eigenvalue weighted by atomic mass is 9.61. The third-order valence-corrected chi connectivity index (χ3v) is 5.79. The quantitative estimate of drug-likeness (QED) is 0.224. The van der Waals surface area contributed by atoms with E-state index in [0.717, 1.165) is 23.9 Å². The van der Waals surface area contributed by atoms with E-state index in [2.05, 4.69) is 4.52 Å². The van der Waals surface area contributed by atoms with E-state index in [4.69, 9.17) is 18.5 Å². The van der Waals surface area contributed by atoms with Crippen molar-refractivity contribution in [3.05, 3.63) is 33.1 Å². The molecule has 29 heavy (non-hydrogen) atoms. The van der Waals surface area contributed by atoms with E-state index in [1.807, 2.05) is 4.98 Å². The summed E-state index contributed by atoms with van der Waals surface area (Å²) in [5.41, 5.74) is -1.55. The van der Waals surface area contributed by atoms with Crippen LogP contribution in [-0.4, -0.2) is 77.9 Å². The van der Waals surface area contributed by atoms with Crippen molar-refractivity contribution in [3.63, 3.8) is 0 Å². The van der Waals surface area contributed by atoms with Crippen LogP contribution in [0.5, 0.6) is 0 Å². The lowest BCUT2D eigenvalue weighted by molar-refractivity contribution is -0.0776. The maximum absolute atomic E-state index is 12.2. The summed E-state index contributed by atoms with van der Waals surface area (Å²) < 4.78 is 49.6. The summed E-state index contributed by atoms with van der Waals surface area (Å²) in [6, 6.07) is 1.03. The smallest absolute Gasteiger partial charge is 0.374 e. The fourth-order valence-corrected chi connectivity index (χ4v) is 4.31. The summed E-state index contributed by atoms with van der Waals surface area (Å²) in [5.74, 6) is 0. The second kappa shape index (κ2) is 8.60. The Morgan fingerprint density at radius 2 is 1.83 bits per heavy atom. The van der Waals surface area contributed by atoms with Gasteiger partial charge in [0.1, 0.15) is 34.0 Å². The van der Waals surface area contributed by atoms with E-state index in [1.165, 1.54) is 22.8 Å². The number of hydrogen-bond acceptors (Lipinski definition) is 9. The SMILES string of the molecule is BC(B)(OP(=O)(O)O)C1OC(n2ccc(=O)[nH]c2=O)C(OC)C1OP(=O)(O)OC. The van der Waals surface area contributed by atoms with Crippen LogP contribution in [0.15, 0.2) is 21.9 Å². The third kappa shape index (κ3) is 5.76. The number of phosphoric ester groups is 2. The van der Waals surface area contributed by atoms with Gasteiger partial charge in [-0.25, -0.2) is 13.9 Å². The van der Waals surface area contributed by atoms with E-state index in [0.29, 0.717) is 0 Å². The molecule has 1 aliphatic rings. The molecule has 5 unspecified atom stereocenters. The lowest BCUT2D eigenvalue weighted by Crippen LogP contribution is -2.52. The van der Waals surface area contributed by atoms with E-state index >= 15 is 0 Å². The first-order valence-corrected chi connectivity index (χ1v) is 11.1. The number of nitrogens with zero attached hydrogens (tertiary/aromatic N) is 1. The van der Waals surface area contributed by atoms with Gasteiger partial charge in [0.05, 0.1) is 0 Å². The third-order valence-electron chi connectivity index (χ3n) is 4.11. The van der Waals surface area contributed by atoms with E-state index in [9.17, 15) is 33.4 Å². The fourth-order valence-electron chi connectivity index (χ4n) is 2.97. The van der Waals surface area contributed by atoms with Gasteiger partial charge in [0.2, 0.25) is 0 Å². The first-order chi connectivity index (χ1) is 13.2. The summed E-state index contributed by atoms with van der Waals surface area (Å²) in [5, 5.41) is -1.78. The fraction of sp³-hybridized carbons (Fsp3) is 0.636. The van der Waals surface area contributed by atoms with Gasteiger partial charge >= 0.3 is 21.3 Å². The maximum Gasteiger partial charge on any atom is 0.472 e. The van der Waals surface area contributed by atoms with Crippen LogP contribution in [0.25, 0.3) is 0 Å². The maximum atomic E-state index is 12.2. The van der Waals surface area contributed by atoms with Crippen LogP contribution in [0.3, 0.4) is 0 Å². The normalized spacial score (nSPS) is 27.6. The van der Waals surface area contributed by atoms with Gasteiger partial charge in [0.15, 0.2) is 6.23 Å². The highest BCUT2D eigenvalue weighted by molar-refractivity contribution is 7.47. The van der Waals surface area contributed by atoms with Crippen molar-refractivity contribution in [2.24, 2.45) is 0 Å². The van der Waals surface area contributed by atoms with Gasteiger partial charge < -0.3 is 24.2 Å². The van der Waals surface area contributed by atoms with Crippen LogP contribution in [-0.2, 0) is 32.2 Å². The minimum absolute atomic E-state index is 0.674. The number of phosphoric acid groups is 2. The van der Waals surface area contributed by atoms with Crippen LogP contribution in [0.4, 0.5) is 0 Å². The lowest BCUT2D eigenvalue weighted by Gasteiger charge is -2.35. The molecule has 1 fully saturated rings. The van der Waals surface area contributed by atoms with Gasteiger partial charge in [-0.3, -0.25) is 27.9 Å². The molecule has 5 atom stereocenters. The Morgan fingerprint density at radius 3 is 2.31 bits per heavy atom. The van der Waals surface area contributed by atoms with E-state index < -0.39 is 56.8 Å². The predicted molar refractivity (Wildman–Crippen MR) is 101 cm³/mol. The van der Waals surface area contributed by atoms with Crippen LogP contribution < -0.4 is 11.2 Å². The molecule has 2 rings (SSSR count). The number of ether oxygens (including phenoxy) is 2. The molecule has 0 saturated carbocycles. The molecule has 18 heteroatoms. The summed E-state index contributed by atoms with van der Waals surface area (Å²) in [4.78, 5) is 53.7. The second-order valence-corrected chi connectivity index (χ2v) is 9.25. The topological polar surface area (TPSA) is 196 Å². The predicted octanol–water partition coefficient (Wildman–Crippen LogP) is -3.39. The second-order valence-electron chi connectivity index (χ2n) is 6.57.